The van der Waals surface area contributed by atoms with E-state index in [4.69, 9.17) is 9.47 Å². The Labute approximate surface area is 258 Å². The van der Waals surface area contributed by atoms with Crippen molar-refractivity contribution in [1.29, 1.82) is 0 Å². The van der Waals surface area contributed by atoms with Crippen molar-refractivity contribution in [2.75, 3.05) is 5.32 Å². The molecule has 0 spiro atoms. The molecule has 0 unspecified atom stereocenters. The predicted molar refractivity (Wildman–Crippen MR) is 168 cm³/mol. The van der Waals surface area contributed by atoms with Gasteiger partial charge in [-0.15, -0.1) is 0 Å². The molecule has 0 aromatic heterocycles. The van der Waals surface area contributed by atoms with E-state index in [2.05, 4.69) is 10.6 Å². The van der Waals surface area contributed by atoms with Crippen LogP contribution in [0.2, 0.25) is 0 Å². The van der Waals surface area contributed by atoms with E-state index >= 15 is 0 Å². The molecule has 3 atom stereocenters. The summed E-state index contributed by atoms with van der Waals surface area (Å²) >= 11 is 0. The van der Waals surface area contributed by atoms with Gasteiger partial charge in [-0.05, 0) is 47.2 Å². The minimum absolute atomic E-state index is 0.0449. The van der Waals surface area contributed by atoms with Crippen molar-refractivity contribution in [3.8, 4) is 0 Å². The summed E-state index contributed by atoms with van der Waals surface area (Å²) in [4.78, 5) is 40.3. The number of ether oxygens (including phenoxy) is 2. The fraction of sp³-hybridized carbons (Fsp3) is 0.250. The van der Waals surface area contributed by atoms with Crippen LogP contribution in [0, 0.1) is 5.92 Å². The second kappa shape index (κ2) is 14.9. The van der Waals surface area contributed by atoms with Crippen LogP contribution in [0.15, 0.2) is 115 Å². The van der Waals surface area contributed by atoms with Gasteiger partial charge < -0.3 is 19.7 Å². The summed E-state index contributed by atoms with van der Waals surface area (Å²) in [5.41, 5.74) is 4.40. The average molecular weight is 592 g/mol. The first kappa shape index (κ1) is 30.4. The number of carbonyl (C=O) groups is 3. The summed E-state index contributed by atoms with van der Waals surface area (Å²) < 4.78 is 10.8. The second-order valence-electron chi connectivity index (χ2n) is 10.9. The molecule has 0 saturated carbocycles. The number of nitrogens with zero attached hydrogens (tertiary/aromatic N) is 1. The van der Waals surface area contributed by atoms with Gasteiger partial charge in [-0.2, -0.15) is 0 Å². The molecule has 2 N–H and O–H groups in total. The highest BCUT2D eigenvalue weighted by Gasteiger charge is 2.48. The third-order valence-corrected chi connectivity index (χ3v) is 7.79. The maximum Gasteiger partial charge on any atom is 0.411 e. The van der Waals surface area contributed by atoms with Crippen LogP contribution in [0.5, 0.6) is 0 Å². The fourth-order valence-corrected chi connectivity index (χ4v) is 5.42. The van der Waals surface area contributed by atoms with Gasteiger partial charge >= 0.3 is 12.2 Å². The smallest absolute Gasteiger partial charge is 0.411 e. The van der Waals surface area contributed by atoms with Crippen molar-refractivity contribution in [2.24, 2.45) is 5.92 Å². The number of hydrogen-bond donors (Lipinski definition) is 2. The minimum Gasteiger partial charge on any atom is -0.445 e. The zero-order chi connectivity index (χ0) is 30.7. The highest BCUT2D eigenvalue weighted by atomic mass is 16.6. The number of nitrogens with one attached hydrogen (secondary N) is 2. The molecule has 4 aromatic carbocycles. The molecule has 1 heterocycles. The molecule has 1 fully saturated rings. The summed E-state index contributed by atoms with van der Waals surface area (Å²) in [6.45, 7) is 2.83. The Morgan fingerprint density at radius 3 is 1.80 bits per heavy atom. The third-order valence-electron chi connectivity index (χ3n) is 7.79. The summed E-state index contributed by atoms with van der Waals surface area (Å²) in [5.74, 6) is -0.267. The number of benzene rings is 4. The van der Waals surface area contributed by atoms with E-state index in [1.807, 2.05) is 127 Å². The Hall–Kier alpha value is -5.11. The van der Waals surface area contributed by atoms with Crippen LogP contribution in [0.25, 0.3) is 0 Å². The van der Waals surface area contributed by atoms with Gasteiger partial charge in [0.1, 0.15) is 13.2 Å². The lowest BCUT2D eigenvalue weighted by Gasteiger charge is -2.48. The first-order valence-electron chi connectivity index (χ1n) is 14.9. The van der Waals surface area contributed by atoms with Gasteiger partial charge in [0.05, 0.1) is 12.0 Å². The Balaban J connectivity index is 1.23. The number of hydrogen-bond acceptors (Lipinski definition) is 5. The molecule has 0 aliphatic carbocycles. The highest BCUT2D eigenvalue weighted by Crippen LogP contribution is 2.44. The Kier molecular flexibility index (Phi) is 10.3. The Morgan fingerprint density at radius 2 is 1.25 bits per heavy atom. The van der Waals surface area contributed by atoms with E-state index in [0.29, 0.717) is 25.1 Å². The lowest BCUT2D eigenvalue weighted by molar-refractivity contribution is -0.159. The minimum atomic E-state index is -0.542. The highest BCUT2D eigenvalue weighted by molar-refractivity contribution is 5.87. The van der Waals surface area contributed by atoms with Crippen molar-refractivity contribution >= 4 is 23.8 Å². The van der Waals surface area contributed by atoms with Crippen molar-refractivity contribution < 1.29 is 23.9 Å². The molecule has 0 radical (unpaired) electrons. The first-order chi connectivity index (χ1) is 21.5. The number of alkyl carbamates (subject to hydrolysis) is 1. The third kappa shape index (κ3) is 8.04. The van der Waals surface area contributed by atoms with Crippen LogP contribution in [0.1, 0.15) is 48.1 Å². The lowest BCUT2D eigenvalue weighted by Crippen LogP contribution is -2.56. The quantitative estimate of drug-likeness (QED) is 0.170. The normalized spacial score (nSPS) is 16.4. The molecule has 1 saturated heterocycles. The van der Waals surface area contributed by atoms with Gasteiger partial charge in [-0.25, -0.2) is 9.59 Å². The van der Waals surface area contributed by atoms with Crippen LogP contribution in [-0.4, -0.2) is 29.0 Å². The number of rotatable bonds is 12. The molecule has 1 aliphatic rings. The van der Waals surface area contributed by atoms with E-state index in [9.17, 15) is 14.4 Å². The van der Waals surface area contributed by atoms with E-state index in [-0.39, 0.29) is 37.1 Å². The van der Waals surface area contributed by atoms with E-state index in [1.54, 1.807) is 0 Å². The van der Waals surface area contributed by atoms with Crippen LogP contribution in [0.4, 0.5) is 15.3 Å². The lowest BCUT2D eigenvalue weighted by atomic mass is 9.77. The molecule has 4 aromatic rings. The van der Waals surface area contributed by atoms with Crippen LogP contribution >= 0.6 is 0 Å². The van der Waals surface area contributed by atoms with Crippen molar-refractivity contribution in [1.82, 2.24) is 10.2 Å². The number of anilines is 1. The fourth-order valence-electron chi connectivity index (χ4n) is 5.42. The van der Waals surface area contributed by atoms with Crippen LogP contribution < -0.4 is 10.6 Å². The van der Waals surface area contributed by atoms with E-state index in [1.165, 1.54) is 0 Å². The second-order valence-corrected chi connectivity index (χ2v) is 10.9. The molecular weight excluding hydrogens is 554 g/mol. The van der Waals surface area contributed by atoms with Crippen molar-refractivity contribution in [3.05, 3.63) is 138 Å². The largest absolute Gasteiger partial charge is 0.445 e. The van der Waals surface area contributed by atoms with Gasteiger partial charge in [-0.3, -0.25) is 10.1 Å². The molecule has 3 amide bonds. The number of amides is 3. The molecule has 226 valence electrons. The maximum absolute atomic E-state index is 13.5. The zero-order valence-corrected chi connectivity index (χ0v) is 24.7. The van der Waals surface area contributed by atoms with Crippen molar-refractivity contribution in [2.45, 2.75) is 51.6 Å². The van der Waals surface area contributed by atoms with Gasteiger partial charge in [0.15, 0.2) is 0 Å². The molecule has 8 nitrogen and oxygen atoms in total. The van der Waals surface area contributed by atoms with Gasteiger partial charge in [0, 0.05) is 18.3 Å². The van der Waals surface area contributed by atoms with E-state index < -0.39 is 12.2 Å². The monoisotopic (exact) mass is 591 g/mol. The van der Waals surface area contributed by atoms with Gasteiger partial charge in [0.2, 0.25) is 5.91 Å². The molecule has 8 heteroatoms. The Bertz CT molecular complexity index is 1510. The summed E-state index contributed by atoms with van der Waals surface area (Å²) in [5, 5.41) is 5.72. The van der Waals surface area contributed by atoms with E-state index in [0.717, 1.165) is 22.3 Å². The molecular formula is C36H37N3O5. The van der Waals surface area contributed by atoms with Crippen LogP contribution in [0.3, 0.4) is 0 Å². The Morgan fingerprint density at radius 1 is 0.727 bits per heavy atom. The van der Waals surface area contributed by atoms with Gasteiger partial charge in [-0.1, -0.05) is 110 Å². The first-order valence-corrected chi connectivity index (χ1v) is 14.9. The standard InChI is InChI=1S/C36H37N3O5/c1-2-30(37-35(41)43-24-27-14-8-4-9-15-27)22-32-33(39(34(32)40)23-26-12-6-3-7-13-26)29-18-20-31(21-19-29)38-36(42)44-25-28-16-10-5-11-17-28/h3-21,30,32-33H,2,22-25H2,1H3,(H,37,41)(H,38,42)/t30-,32-,33+/m0/s1. The molecule has 44 heavy (non-hydrogen) atoms. The summed E-state index contributed by atoms with van der Waals surface area (Å²) in [6, 6.07) is 36.0. The molecule has 0 bridgehead atoms. The topological polar surface area (TPSA) is 97.0 Å². The maximum atomic E-state index is 13.5. The number of carbonyl (C=O) groups excluding carboxylic acids is 3. The predicted octanol–water partition coefficient (Wildman–Crippen LogP) is 7.23. The number of β-lactam (4-membered cyclic amide) rings is 1. The zero-order valence-electron chi connectivity index (χ0n) is 24.7. The average Bonchev–Trinajstić information content (AvgIpc) is 3.07. The van der Waals surface area contributed by atoms with Crippen molar-refractivity contribution in [3.63, 3.8) is 0 Å². The van der Waals surface area contributed by atoms with Gasteiger partial charge in [0.25, 0.3) is 0 Å². The molecule has 1 aliphatic heterocycles. The van der Waals surface area contributed by atoms with Crippen LogP contribution in [-0.2, 0) is 34.0 Å². The summed E-state index contributed by atoms with van der Waals surface area (Å²) in [6.07, 6.45) is 0.0981. The number of likely N-dealkylation sites (tertiary alicyclic amines) is 1. The molecule has 5 rings (SSSR count). The summed E-state index contributed by atoms with van der Waals surface area (Å²) in [7, 11) is 0. The SMILES string of the molecule is CC[C@@H](C[C@@H]1C(=O)N(Cc2ccccc2)[C@@H]1c1ccc(NC(=O)OCc2ccccc2)cc1)NC(=O)OCc1ccccc1.